The summed E-state index contributed by atoms with van der Waals surface area (Å²) < 4.78 is 11.3. The van der Waals surface area contributed by atoms with E-state index < -0.39 is 6.03 Å². The number of rotatable bonds is 10. The highest BCUT2D eigenvalue weighted by Gasteiger charge is 2.02. The standard InChI is InChI=1S/C21H26N4O3/c1-3-13-27-19-11-7-5-9-17(19)15-22-24-21(26)25-23-16-18-10-6-8-12-20(18)28-14-4-2/h5-12,15-16H,3-4,13-14H2,1-2H3,(H2,24,25,26)/b22-15-,23-16-. The van der Waals surface area contributed by atoms with Gasteiger partial charge >= 0.3 is 6.03 Å². The van der Waals surface area contributed by atoms with E-state index >= 15 is 0 Å². The summed E-state index contributed by atoms with van der Waals surface area (Å²) in [5.41, 5.74) is 6.30. The second-order valence-corrected chi connectivity index (χ2v) is 5.84. The summed E-state index contributed by atoms with van der Waals surface area (Å²) in [5, 5.41) is 7.86. The van der Waals surface area contributed by atoms with Gasteiger partial charge < -0.3 is 9.47 Å². The first-order valence-corrected chi connectivity index (χ1v) is 9.30. The predicted octanol–water partition coefficient (Wildman–Crippen LogP) is 3.93. The second kappa shape index (κ2) is 12.1. The molecular weight excluding hydrogens is 356 g/mol. The molecule has 0 unspecified atom stereocenters. The van der Waals surface area contributed by atoms with Gasteiger partial charge in [0, 0.05) is 11.1 Å². The summed E-state index contributed by atoms with van der Waals surface area (Å²) in [4.78, 5) is 11.8. The molecular formula is C21H26N4O3. The van der Waals surface area contributed by atoms with Gasteiger partial charge in [-0.15, -0.1) is 0 Å². The minimum atomic E-state index is -0.550. The van der Waals surface area contributed by atoms with E-state index in [9.17, 15) is 4.79 Å². The number of hydrogen-bond acceptors (Lipinski definition) is 5. The molecule has 0 aromatic heterocycles. The third-order valence-electron chi connectivity index (χ3n) is 3.50. The van der Waals surface area contributed by atoms with E-state index in [1.165, 1.54) is 12.4 Å². The summed E-state index contributed by atoms with van der Waals surface area (Å²) in [7, 11) is 0. The molecule has 0 fully saturated rings. The average Bonchev–Trinajstić information content (AvgIpc) is 2.72. The highest BCUT2D eigenvalue weighted by Crippen LogP contribution is 2.16. The zero-order valence-electron chi connectivity index (χ0n) is 16.2. The van der Waals surface area contributed by atoms with Crippen LogP contribution in [0.2, 0.25) is 0 Å². The third kappa shape index (κ3) is 7.11. The molecule has 0 bridgehead atoms. The monoisotopic (exact) mass is 382 g/mol. The molecule has 2 aromatic rings. The van der Waals surface area contributed by atoms with Gasteiger partial charge in [-0.3, -0.25) is 0 Å². The fourth-order valence-corrected chi connectivity index (χ4v) is 2.21. The van der Waals surface area contributed by atoms with Crippen LogP contribution in [-0.2, 0) is 0 Å². The van der Waals surface area contributed by atoms with E-state index in [0.29, 0.717) is 13.2 Å². The summed E-state index contributed by atoms with van der Waals surface area (Å²) in [6.07, 6.45) is 4.89. The van der Waals surface area contributed by atoms with E-state index in [1.807, 2.05) is 62.4 Å². The van der Waals surface area contributed by atoms with Crippen LogP contribution in [0.15, 0.2) is 58.7 Å². The number of para-hydroxylation sites is 2. The Bertz CT molecular complexity index is 740. The van der Waals surface area contributed by atoms with Crippen LogP contribution in [0, 0.1) is 0 Å². The number of nitrogens with one attached hydrogen (secondary N) is 2. The van der Waals surface area contributed by atoms with Gasteiger partial charge in [-0.1, -0.05) is 38.1 Å². The molecule has 28 heavy (non-hydrogen) atoms. The van der Waals surface area contributed by atoms with E-state index in [-0.39, 0.29) is 0 Å². The van der Waals surface area contributed by atoms with Crippen molar-refractivity contribution < 1.29 is 14.3 Å². The lowest BCUT2D eigenvalue weighted by Crippen LogP contribution is -2.28. The van der Waals surface area contributed by atoms with E-state index in [2.05, 4.69) is 21.1 Å². The Morgan fingerprint density at radius 1 is 0.821 bits per heavy atom. The van der Waals surface area contributed by atoms with Crippen LogP contribution in [0.5, 0.6) is 11.5 Å². The van der Waals surface area contributed by atoms with Gasteiger partial charge in [-0.2, -0.15) is 10.2 Å². The van der Waals surface area contributed by atoms with Crippen molar-refractivity contribution in [3.8, 4) is 11.5 Å². The summed E-state index contributed by atoms with van der Waals surface area (Å²) in [6, 6.07) is 14.4. The number of carbonyl (C=O) groups excluding carboxylic acids is 1. The minimum absolute atomic E-state index is 0.550. The van der Waals surface area contributed by atoms with E-state index in [0.717, 1.165) is 35.5 Å². The van der Waals surface area contributed by atoms with Crippen molar-refractivity contribution in [3.05, 3.63) is 59.7 Å². The van der Waals surface area contributed by atoms with Crippen molar-refractivity contribution >= 4 is 18.5 Å². The van der Waals surface area contributed by atoms with Crippen LogP contribution in [-0.4, -0.2) is 31.7 Å². The van der Waals surface area contributed by atoms with Gasteiger partial charge in [0.25, 0.3) is 0 Å². The average molecular weight is 382 g/mol. The molecule has 2 aromatic carbocycles. The van der Waals surface area contributed by atoms with Crippen LogP contribution in [0.25, 0.3) is 0 Å². The fourth-order valence-electron chi connectivity index (χ4n) is 2.21. The minimum Gasteiger partial charge on any atom is -0.493 e. The molecule has 2 N–H and O–H groups in total. The highest BCUT2D eigenvalue weighted by atomic mass is 16.5. The Morgan fingerprint density at radius 3 is 1.68 bits per heavy atom. The molecule has 2 rings (SSSR count). The molecule has 0 saturated carbocycles. The number of urea groups is 1. The number of hydrazone groups is 2. The number of amides is 2. The molecule has 148 valence electrons. The molecule has 0 saturated heterocycles. The molecule has 0 spiro atoms. The number of hydrogen-bond donors (Lipinski definition) is 2. The van der Waals surface area contributed by atoms with Crippen LogP contribution < -0.4 is 20.3 Å². The number of nitrogens with zero attached hydrogens (tertiary/aromatic N) is 2. The smallest absolute Gasteiger partial charge is 0.355 e. The molecule has 0 aliphatic carbocycles. The molecule has 0 radical (unpaired) electrons. The Labute approximate surface area is 165 Å². The molecule has 7 nitrogen and oxygen atoms in total. The third-order valence-corrected chi connectivity index (χ3v) is 3.50. The van der Waals surface area contributed by atoms with Crippen molar-refractivity contribution in [1.82, 2.24) is 10.9 Å². The van der Waals surface area contributed by atoms with Crippen molar-refractivity contribution in [1.29, 1.82) is 0 Å². The normalized spacial score (nSPS) is 10.9. The topological polar surface area (TPSA) is 84.3 Å². The van der Waals surface area contributed by atoms with Crippen LogP contribution in [0.1, 0.15) is 37.8 Å². The fraction of sp³-hybridized carbons (Fsp3) is 0.286. The zero-order valence-corrected chi connectivity index (χ0v) is 16.2. The lowest BCUT2D eigenvalue weighted by atomic mass is 10.2. The Hall–Kier alpha value is -3.35. The molecule has 2 amide bonds. The van der Waals surface area contributed by atoms with Crippen LogP contribution in [0.3, 0.4) is 0 Å². The van der Waals surface area contributed by atoms with Crippen molar-refractivity contribution in [2.75, 3.05) is 13.2 Å². The molecule has 0 heterocycles. The SMILES string of the molecule is CCCOc1ccccc1/C=N\NC(=O)N/N=C\c1ccccc1OCCC. The van der Waals surface area contributed by atoms with Crippen LogP contribution >= 0.6 is 0 Å². The summed E-state index contributed by atoms with van der Waals surface area (Å²) >= 11 is 0. The second-order valence-electron chi connectivity index (χ2n) is 5.84. The van der Waals surface area contributed by atoms with E-state index in [1.54, 1.807) is 0 Å². The summed E-state index contributed by atoms with van der Waals surface area (Å²) in [5.74, 6) is 1.44. The summed E-state index contributed by atoms with van der Waals surface area (Å²) in [6.45, 7) is 5.32. The predicted molar refractivity (Wildman–Crippen MR) is 111 cm³/mol. The van der Waals surface area contributed by atoms with Gasteiger partial charge in [0.1, 0.15) is 11.5 Å². The zero-order chi connectivity index (χ0) is 20.0. The van der Waals surface area contributed by atoms with Gasteiger partial charge in [0.05, 0.1) is 25.6 Å². The van der Waals surface area contributed by atoms with Crippen molar-refractivity contribution in [2.45, 2.75) is 26.7 Å². The van der Waals surface area contributed by atoms with Gasteiger partial charge in [0.2, 0.25) is 0 Å². The Balaban J connectivity index is 1.87. The number of ether oxygens (including phenoxy) is 2. The Morgan fingerprint density at radius 2 is 1.25 bits per heavy atom. The lowest BCUT2D eigenvalue weighted by molar-refractivity contribution is 0.242. The first-order chi connectivity index (χ1) is 13.7. The maximum absolute atomic E-state index is 11.8. The molecule has 0 atom stereocenters. The number of carbonyl (C=O) groups is 1. The van der Waals surface area contributed by atoms with Crippen LogP contribution in [0.4, 0.5) is 4.79 Å². The van der Waals surface area contributed by atoms with E-state index in [4.69, 9.17) is 9.47 Å². The van der Waals surface area contributed by atoms with Crippen molar-refractivity contribution in [3.63, 3.8) is 0 Å². The molecule has 7 heteroatoms. The quantitative estimate of drug-likeness (QED) is 0.482. The first kappa shape index (κ1) is 21.0. The van der Waals surface area contributed by atoms with Gasteiger partial charge in [-0.25, -0.2) is 15.6 Å². The highest BCUT2D eigenvalue weighted by molar-refractivity contribution is 5.86. The Kier molecular flexibility index (Phi) is 9.06. The van der Waals surface area contributed by atoms with Gasteiger partial charge in [0.15, 0.2) is 0 Å². The molecule has 0 aliphatic heterocycles. The first-order valence-electron chi connectivity index (χ1n) is 9.30. The maximum Gasteiger partial charge on any atom is 0.355 e. The van der Waals surface area contributed by atoms with Gasteiger partial charge in [-0.05, 0) is 37.1 Å². The number of benzene rings is 2. The maximum atomic E-state index is 11.8. The largest absolute Gasteiger partial charge is 0.493 e. The lowest BCUT2D eigenvalue weighted by Gasteiger charge is -2.07. The molecule has 0 aliphatic rings. The van der Waals surface area contributed by atoms with Crippen molar-refractivity contribution in [2.24, 2.45) is 10.2 Å².